The molecule has 0 N–H and O–H groups in total. The number of ether oxygens (including phenoxy) is 1. The van der Waals surface area contributed by atoms with E-state index in [1.807, 2.05) is 35.2 Å². The van der Waals surface area contributed by atoms with Crippen molar-refractivity contribution >= 4 is 11.3 Å². The van der Waals surface area contributed by atoms with Crippen molar-refractivity contribution in [1.29, 1.82) is 0 Å². The van der Waals surface area contributed by atoms with Crippen LogP contribution in [0.15, 0.2) is 47.8 Å². The second-order valence-corrected chi connectivity index (χ2v) is 4.09. The SMILES string of the molecule is C=CCc1ccccc1OCc1cscn1. The molecule has 0 amide bonds. The maximum absolute atomic E-state index is 5.73. The Bertz CT molecular complexity index is 451. The summed E-state index contributed by atoms with van der Waals surface area (Å²) >= 11 is 1.58. The number of hydrogen-bond donors (Lipinski definition) is 0. The monoisotopic (exact) mass is 231 g/mol. The Morgan fingerprint density at radius 3 is 3.00 bits per heavy atom. The van der Waals surface area contributed by atoms with Crippen LogP contribution in [0, 0.1) is 0 Å². The zero-order valence-electron chi connectivity index (χ0n) is 8.93. The Morgan fingerprint density at radius 2 is 2.25 bits per heavy atom. The molecule has 0 radical (unpaired) electrons. The Labute approximate surface area is 99.2 Å². The molecule has 0 aliphatic rings. The van der Waals surface area contributed by atoms with E-state index < -0.39 is 0 Å². The van der Waals surface area contributed by atoms with E-state index in [-0.39, 0.29) is 0 Å². The highest BCUT2D eigenvalue weighted by Gasteiger charge is 2.02. The van der Waals surface area contributed by atoms with Crippen molar-refractivity contribution < 1.29 is 4.74 Å². The summed E-state index contributed by atoms with van der Waals surface area (Å²) in [6.45, 7) is 4.27. The van der Waals surface area contributed by atoms with Gasteiger partial charge in [-0.3, -0.25) is 0 Å². The zero-order valence-corrected chi connectivity index (χ0v) is 9.74. The van der Waals surface area contributed by atoms with Crippen molar-refractivity contribution in [2.75, 3.05) is 0 Å². The molecule has 0 spiro atoms. The lowest BCUT2D eigenvalue weighted by molar-refractivity contribution is 0.299. The highest BCUT2D eigenvalue weighted by Crippen LogP contribution is 2.20. The van der Waals surface area contributed by atoms with Crippen molar-refractivity contribution in [2.45, 2.75) is 13.0 Å². The molecular weight excluding hydrogens is 218 g/mol. The lowest BCUT2D eigenvalue weighted by atomic mass is 10.1. The summed E-state index contributed by atoms with van der Waals surface area (Å²) in [5.41, 5.74) is 3.94. The van der Waals surface area contributed by atoms with Gasteiger partial charge in [0.2, 0.25) is 0 Å². The van der Waals surface area contributed by atoms with Crippen LogP contribution in [0.5, 0.6) is 5.75 Å². The minimum Gasteiger partial charge on any atom is -0.487 e. The third kappa shape index (κ3) is 2.70. The van der Waals surface area contributed by atoms with Crippen LogP contribution in [0.2, 0.25) is 0 Å². The van der Waals surface area contributed by atoms with Crippen molar-refractivity contribution in [2.24, 2.45) is 0 Å². The predicted molar refractivity (Wildman–Crippen MR) is 66.8 cm³/mol. The highest BCUT2D eigenvalue weighted by molar-refractivity contribution is 7.07. The van der Waals surface area contributed by atoms with E-state index in [0.29, 0.717) is 6.61 Å². The molecule has 2 aromatic rings. The normalized spacial score (nSPS) is 10.0. The Balaban J connectivity index is 2.05. The maximum atomic E-state index is 5.73. The van der Waals surface area contributed by atoms with Gasteiger partial charge in [-0.25, -0.2) is 4.98 Å². The summed E-state index contributed by atoms with van der Waals surface area (Å²) < 4.78 is 5.73. The molecule has 0 unspecified atom stereocenters. The maximum Gasteiger partial charge on any atom is 0.131 e. The van der Waals surface area contributed by atoms with Gasteiger partial charge in [0.05, 0.1) is 11.2 Å². The zero-order chi connectivity index (χ0) is 11.2. The molecule has 3 heteroatoms. The quantitative estimate of drug-likeness (QED) is 0.735. The van der Waals surface area contributed by atoms with Gasteiger partial charge in [-0.1, -0.05) is 24.3 Å². The molecule has 0 saturated heterocycles. The molecular formula is C13H13NOS. The number of thiazole rings is 1. The summed E-state index contributed by atoms with van der Waals surface area (Å²) in [6.07, 6.45) is 2.71. The minimum absolute atomic E-state index is 0.525. The Kier molecular flexibility index (Phi) is 3.72. The first-order valence-electron chi connectivity index (χ1n) is 5.09. The second kappa shape index (κ2) is 5.47. The van der Waals surface area contributed by atoms with Gasteiger partial charge in [-0.15, -0.1) is 17.9 Å². The van der Waals surface area contributed by atoms with E-state index in [9.17, 15) is 0 Å². The summed E-state index contributed by atoms with van der Waals surface area (Å²) in [4.78, 5) is 4.18. The van der Waals surface area contributed by atoms with Gasteiger partial charge in [0, 0.05) is 5.38 Å². The van der Waals surface area contributed by atoms with Gasteiger partial charge >= 0.3 is 0 Å². The van der Waals surface area contributed by atoms with Crippen LogP contribution in [0.4, 0.5) is 0 Å². The number of nitrogens with zero attached hydrogens (tertiary/aromatic N) is 1. The van der Waals surface area contributed by atoms with Crippen LogP contribution < -0.4 is 4.74 Å². The second-order valence-electron chi connectivity index (χ2n) is 3.37. The Hall–Kier alpha value is -1.61. The van der Waals surface area contributed by atoms with Crippen molar-refractivity contribution in [3.8, 4) is 5.75 Å². The molecule has 1 heterocycles. The largest absolute Gasteiger partial charge is 0.487 e. The fourth-order valence-electron chi connectivity index (χ4n) is 1.43. The number of para-hydroxylation sites is 1. The molecule has 0 fully saturated rings. The third-order valence-electron chi connectivity index (χ3n) is 2.20. The first kappa shape index (κ1) is 10.9. The van der Waals surface area contributed by atoms with Crippen LogP contribution >= 0.6 is 11.3 Å². The van der Waals surface area contributed by atoms with Crippen molar-refractivity contribution in [1.82, 2.24) is 4.98 Å². The molecule has 0 atom stereocenters. The molecule has 2 nitrogen and oxygen atoms in total. The number of aromatic nitrogens is 1. The lowest BCUT2D eigenvalue weighted by Gasteiger charge is -2.08. The van der Waals surface area contributed by atoms with Gasteiger partial charge in [-0.05, 0) is 18.1 Å². The van der Waals surface area contributed by atoms with Crippen LogP contribution in [-0.2, 0) is 13.0 Å². The average Bonchev–Trinajstić information content (AvgIpc) is 2.81. The van der Waals surface area contributed by atoms with E-state index in [1.54, 1.807) is 11.3 Å². The van der Waals surface area contributed by atoms with Crippen molar-refractivity contribution in [3.05, 3.63) is 59.1 Å². The molecule has 2 rings (SSSR count). The molecule has 1 aromatic carbocycles. The standard InChI is InChI=1S/C13H13NOS/c1-2-5-11-6-3-4-7-13(11)15-8-12-9-16-10-14-12/h2-4,6-7,9-10H,1,5,8H2. The minimum atomic E-state index is 0.525. The van der Waals surface area contributed by atoms with E-state index >= 15 is 0 Å². The summed E-state index contributed by atoms with van der Waals surface area (Å²) in [5, 5.41) is 2.00. The van der Waals surface area contributed by atoms with Gasteiger partial charge in [0.1, 0.15) is 12.4 Å². The van der Waals surface area contributed by atoms with Crippen LogP contribution in [0.1, 0.15) is 11.3 Å². The predicted octanol–water partition coefficient (Wildman–Crippen LogP) is 3.45. The molecule has 0 bridgehead atoms. The molecule has 0 saturated carbocycles. The Morgan fingerprint density at radius 1 is 1.38 bits per heavy atom. The van der Waals surface area contributed by atoms with E-state index in [0.717, 1.165) is 23.4 Å². The van der Waals surface area contributed by atoms with Crippen molar-refractivity contribution in [3.63, 3.8) is 0 Å². The highest BCUT2D eigenvalue weighted by atomic mass is 32.1. The molecule has 0 aliphatic heterocycles. The van der Waals surface area contributed by atoms with Gasteiger partial charge in [0.15, 0.2) is 0 Å². The summed E-state index contributed by atoms with van der Waals surface area (Å²) in [5.74, 6) is 0.912. The third-order valence-corrected chi connectivity index (χ3v) is 2.83. The van der Waals surface area contributed by atoms with Crippen LogP contribution in [0.3, 0.4) is 0 Å². The number of rotatable bonds is 5. The average molecular weight is 231 g/mol. The smallest absolute Gasteiger partial charge is 0.131 e. The number of allylic oxidation sites excluding steroid dienone is 1. The summed E-state index contributed by atoms with van der Waals surface area (Å²) in [6, 6.07) is 8.01. The van der Waals surface area contributed by atoms with Gasteiger partial charge in [-0.2, -0.15) is 0 Å². The fourth-order valence-corrected chi connectivity index (χ4v) is 1.97. The molecule has 82 valence electrons. The van der Waals surface area contributed by atoms with Gasteiger partial charge in [0.25, 0.3) is 0 Å². The lowest BCUT2D eigenvalue weighted by Crippen LogP contribution is -1.98. The first-order valence-corrected chi connectivity index (χ1v) is 6.03. The fraction of sp³-hybridized carbons (Fsp3) is 0.154. The number of hydrogen-bond acceptors (Lipinski definition) is 3. The van der Waals surface area contributed by atoms with E-state index in [2.05, 4.69) is 17.6 Å². The summed E-state index contributed by atoms with van der Waals surface area (Å²) in [7, 11) is 0. The first-order chi connectivity index (χ1) is 7.90. The molecule has 0 aliphatic carbocycles. The van der Waals surface area contributed by atoms with Crippen LogP contribution in [-0.4, -0.2) is 4.98 Å². The van der Waals surface area contributed by atoms with Gasteiger partial charge < -0.3 is 4.74 Å². The molecule has 16 heavy (non-hydrogen) atoms. The van der Waals surface area contributed by atoms with E-state index in [4.69, 9.17) is 4.74 Å². The topological polar surface area (TPSA) is 22.1 Å². The molecule has 1 aromatic heterocycles. The van der Waals surface area contributed by atoms with Crippen LogP contribution in [0.25, 0.3) is 0 Å². The van der Waals surface area contributed by atoms with E-state index in [1.165, 1.54) is 0 Å². The number of benzene rings is 1.